The summed E-state index contributed by atoms with van der Waals surface area (Å²) in [5, 5.41) is 14.1. The van der Waals surface area contributed by atoms with E-state index in [1.807, 2.05) is 30.3 Å². The van der Waals surface area contributed by atoms with Gasteiger partial charge in [0.05, 0.1) is 12.6 Å². The van der Waals surface area contributed by atoms with Gasteiger partial charge in [0, 0.05) is 19.2 Å². The Bertz CT molecular complexity index is 696. The summed E-state index contributed by atoms with van der Waals surface area (Å²) in [5.41, 5.74) is 1.61. The molecule has 0 spiro atoms. The molecule has 2 heterocycles. The number of aliphatic hydroxyl groups is 1. The fraction of sp³-hybridized carbons (Fsp3) is 0.444. The van der Waals surface area contributed by atoms with Gasteiger partial charge in [0.15, 0.2) is 5.76 Å². The third-order valence-corrected chi connectivity index (χ3v) is 4.36. The van der Waals surface area contributed by atoms with Crippen molar-refractivity contribution in [3.05, 3.63) is 41.7 Å². The lowest BCUT2D eigenvalue weighted by Crippen LogP contribution is -2.38. The van der Waals surface area contributed by atoms with Gasteiger partial charge in [-0.3, -0.25) is 4.79 Å². The molecule has 6 nitrogen and oxygen atoms in total. The Balaban J connectivity index is 2.02. The van der Waals surface area contributed by atoms with E-state index in [0.717, 1.165) is 18.4 Å². The molecule has 128 valence electrons. The summed E-state index contributed by atoms with van der Waals surface area (Å²) in [4.78, 5) is 15.0. The fourth-order valence-corrected chi connectivity index (χ4v) is 3.20. The van der Waals surface area contributed by atoms with Crippen LogP contribution in [0.4, 0.5) is 0 Å². The highest BCUT2D eigenvalue weighted by molar-refractivity contribution is 6.01. The van der Waals surface area contributed by atoms with Crippen LogP contribution in [0.25, 0.3) is 11.3 Å². The Labute approximate surface area is 141 Å². The highest BCUT2D eigenvalue weighted by Gasteiger charge is 2.35. The number of benzene rings is 1. The van der Waals surface area contributed by atoms with Crippen LogP contribution in [0.15, 0.2) is 34.9 Å². The van der Waals surface area contributed by atoms with E-state index in [1.165, 1.54) is 0 Å². The molecular weight excluding hydrogens is 308 g/mol. The van der Waals surface area contributed by atoms with Gasteiger partial charge in [0.25, 0.3) is 5.91 Å². The largest absolute Gasteiger partial charge is 0.385 e. The summed E-state index contributed by atoms with van der Waals surface area (Å²) >= 11 is 0. The number of carbonyl (C=O) groups excluding carboxylic acids is 1. The molecule has 0 saturated carbocycles. The number of amides is 1. The first-order valence-corrected chi connectivity index (χ1v) is 8.16. The Morgan fingerprint density at radius 1 is 1.46 bits per heavy atom. The third kappa shape index (κ3) is 3.07. The highest BCUT2D eigenvalue weighted by atomic mass is 16.5. The normalized spacial score (nSPS) is 18.8. The van der Waals surface area contributed by atoms with E-state index in [0.29, 0.717) is 24.4 Å². The van der Waals surface area contributed by atoms with Crippen molar-refractivity contribution in [1.29, 1.82) is 0 Å². The standard InChI is InChI=1S/C18H22N2O4/c1-12(21)17-15(16(19-24-17)13-7-4-3-5-8-13)18(22)20-10-6-9-14(20)11-23-2/h3-5,7-8,12,14,21H,6,9-11H2,1-2H3/t12-,14+/m0/s1. The second-order valence-electron chi connectivity index (χ2n) is 6.06. The van der Waals surface area contributed by atoms with Crippen LogP contribution in [-0.4, -0.2) is 47.4 Å². The first kappa shape index (κ1) is 16.7. The van der Waals surface area contributed by atoms with Gasteiger partial charge in [0.2, 0.25) is 0 Å². The van der Waals surface area contributed by atoms with Crippen molar-refractivity contribution in [1.82, 2.24) is 10.1 Å². The van der Waals surface area contributed by atoms with Crippen molar-refractivity contribution in [3.8, 4) is 11.3 Å². The summed E-state index contributed by atoms with van der Waals surface area (Å²) < 4.78 is 10.5. The number of aliphatic hydroxyl groups excluding tert-OH is 1. The maximum atomic E-state index is 13.2. The lowest BCUT2D eigenvalue weighted by atomic mass is 10.0. The SMILES string of the molecule is COC[C@H]1CCCN1C(=O)c1c(-c2ccccc2)noc1[C@H](C)O. The maximum Gasteiger partial charge on any atom is 0.260 e. The van der Waals surface area contributed by atoms with Gasteiger partial charge in [-0.25, -0.2) is 0 Å². The van der Waals surface area contributed by atoms with E-state index in [-0.39, 0.29) is 17.7 Å². The molecule has 2 aromatic rings. The number of aromatic nitrogens is 1. The van der Waals surface area contributed by atoms with Crippen LogP contribution < -0.4 is 0 Å². The summed E-state index contributed by atoms with van der Waals surface area (Å²) in [5.74, 6) is 0.0486. The molecule has 1 aromatic heterocycles. The van der Waals surface area contributed by atoms with Gasteiger partial charge in [0.1, 0.15) is 17.4 Å². The van der Waals surface area contributed by atoms with Gasteiger partial charge < -0.3 is 19.3 Å². The molecule has 1 fully saturated rings. The molecule has 1 N–H and O–H groups in total. The van der Waals surface area contributed by atoms with Crippen molar-refractivity contribution in [3.63, 3.8) is 0 Å². The number of likely N-dealkylation sites (tertiary alicyclic amines) is 1. The zero-order chi connectivity index (χ0) is 17.1. The Morgan fingerprint density at radius 3 is 2.88 bits per heavy atom. The lowest BCUT2D eigenvalue weighted by Gasteiger charge is -2.24. The Hall–Kier alpha value is -2.18. The van der Waals surface area contributed by atoms with Crippen LogP contribution in [0, 0.1) is 0 Å². The molecular formula is C18H22N2O4. The number of methoxy groups -OCH3 is 1. The Morgan fingerprint density at radius 2 is 2.21 bits per heavy atom. The van der Waals surface area contributed by atoms with Gasteiger partial charge in [-0.15, -0.1) is 0 Å². The number of hydrogen-bond donors (Lipinski definition) is 1. The quantitative estimate of drug-likeness (QED) is 0.912. The van der Waals surface area contributed by atoms with Gasteiger partial charge >= 0.3 is 0 Å². The number of nitrogens with zero attached hydrogens (tertiary/aromatic N) is 2. The Kier molecular flexibility index (Phi) is 4.97. The number of hydrogen-bond acceptors (Lipinski definition) is 5. The van der Waals surface area contributed by atoms with Crippen molar-refractivity contribution < 1.29 is 19.2 Å². The molecule has 1 amide bonds. The van der Waals surface area contributed by atoms with Crippen LogP contribution in [0.3, 0.4) is 0 Å². The maximum absolute atomic E-state index is 13.2. The number of ether oxygens (including phenoxy) is 1. The summed E-state index contributed by atoms with van der Waals surface area (Å²) in [6.45, 7) is 2.75. The fourth-order valence-electron chi connectivity index (χ4n) is 3.20. The molecule has 2 atom stereocenters. The minimum atomic E-state index is -0.905. The minimum absolute atomic E-state index is 0.0443. The smallest absolute Gasteiger partial charge is 0.260 e. The monoisotopic (exact) mass is 330 g/mol. The van der Waals surface area contributed by atoms with E-state index >= 15 is 0 Å². The van der Waals surface area contributed by atoms with E-state index in [2.05, 4.69) is 5.16 Å². The molecule has 24 heavy (non-hydrogen) atoms. The second-order valence-corrected chi connectivity index (χ2v) is 6.06. The topological polar surface area (TPSA) is 75.8 Å². The molecule has 1 saturated heterocycles. The van der Waals surface area contributed by atoms with Crippen LogP contribution in [0.2, 0.25) is 0 Å². The number of rotatable bonds is 5. The van der Waals surface area contributed by atoms with Gasteiger partial charge in [-0.05, 0) is 19.8 Å². The average Bonchev–Trinajstić information content (AvgIpc) is 3.22. The van der Waals surface area contributed by atoms with Gasteiger partial charge in [-0.1, -0.05) is 35.5 Å². The third-order valence-electron chi connectivity index (χ3n) is 4.36. The van der Waals surface area contributed by atoms with Crippen LogP contribution in [-0.2, 0) is 4.74 Å². The molecule has 3 rings (SSSR count). The van der Waals surface area contributed by atoms with Crippen molar-refractivity contribution >= 4 is 5.91 Å². The minimum Gasteiger partial charge on any atom is -0.385 e. The second kappa shape index (κ2) is 7.15. The van der Waals surface area contributed by atoms with E-state index in [1.54, 1.807) is 18.9 Å². The van der Waals surface area contributed by atoms with Crippen molar-refractivity contribution in [2.75, 3.05) is 20.3 Å². The molecule has 1 aromatic carbocycles. The molecule has 1 aliphatic rings. The summed E-state index contributed by atoms with van der Waals surface area (Å²) in [7, 11) is 1.64. The van der Waals surface area contributed by atoms with Crippen molar-refractivity contribution in [2.24, 2.45) is 0 Å². The lowest BCUT2D eigenvalue weighted by molar-refractivity contribution is 0.0621. The van der Waals surface area contributed by atoms with Crippen LogP contribution in [0.1, 0.15) is 42.0 Å². The van der Waals surface area contributed by atoms with E-state index in [9.17, 15) is 9.90 Å². The molecule has 0 bridgehead atoms. The number of carbonyl (C=O) groups is 1. The van der Waals surface area contributed by atoms with Crippen LogP contribution in [0.5, 0.6) is 0 Å². The van der Waals surface area contributed by atoms with Crippen molar-refractivity contribution in [2.45, 2.75) is 31.9 Å². The highest BCUT2D eigenvalue weighted by Crippen LogP contribution is 2.32. The average molecular weight is 330 g/mol. The predicted octanol–water partition coefficient (Wildman–Crippen LogP) is 2.65. The molecule has 0 radical (unpaired) electrons. The molecule has 0 unspecified atom stereocenters. The summed E-state index contributed by atoms with van der Waals surface area (Å²) in [6, 6.07) is 9.44. The molecule has 6 heteroatoms. The first-order chi connectivity index (χ1) is 11.6. The first-order valence-electron chi connectivity index (χ1n) is 8.16. The van der Waals surface area contributed by atoms with E-state index < -0.39 is 6.10 Å². The molecule has 0 aliphatic carbocycles. The summed E-state index contributed by atoms with van der Waals surface area (Å²) in [6.07, 6.45) is 0.947. The van der Waals surface area contributed by atoms with Gasteiger partial charge in [-0.2, -0.15) is 0 Å². The van der Waals surface area contributed by atoms with E-state index in [4.69, 9.17) is 9.26 Å². The zero-order valence-electron chi connectivity index (χ0n) is 13.9. The predicted molar refractivity (Wildman–Crippen MR) is 88.5 cm³/mol. The van der Waals surface area contributed by atoms with Crippen LogP contribution >= 0.6 is 0 Å². The zero-order valence-corrected chi connectivity index (χ0v) is 13.9. The molecule has 1 aliphatic heterocycles.